The van der Waals surface area contributed by atoms with E-state index < -0.39 is 0 Å². The second-order valence-corrected chi connectivity index (χ2v) is 6.56. The number of aromatic nitrogens is 4. The Morgan fingerprint density at radius 1 is 1.30 bits per heavy atom. The van der Waals surface area contributed by atoms with Crippen molar-refractivity contribution in [2.45, 2.75) is 33.9 Å². The molecule has 0 saturated heterocycles. The molecule has 142 valence electrons. The van der Waals surface area contributed by atoms with Crippen molar-refractivity contribution >= 4 is 5.97 Å². The van der Waals surface area contributed by atoms with Crippen LogP contribution in [0.25, 0.3) is 5.69 Å². The number of carbonyl (C=O) groups excluding carboxylic acids is 1. The van der Waals surface area contributed by atoms with Gasteiger partial charge in [0.15, 0.2) is 0 Å². The number of benzene rings is 1. The van der Waals surface area contributed by atoms with E-state index in [-0.39, 0.29) is 5.97 Å². The van der Waals surface area contributed by atoms with Gasteiger partial charge in [-0.2, -0.15) is 5.10 Å². The van der Waals surface area contributed by atoms with Crippen molar-refractivity contribution in [3.05, 3.63) is 65.0 Å². The summed E-state index contributed by atoms with van der Waals surface area (Å²) in [5, 5.41) is 4.51. The van der Waals surface area contributed by atoms with Crippen molar-refractivity contribution in [3.8, 4) is 5.69 Å². The van der Waals surface area contributed by atoms with E-state index >= 15 is 0 Å². The smallest absolute Gasteiger partial charge is 0.341 e. The number of hydrogen-bond acceptors (Lipinski definition) is 5. The summed E-state index contributed by atoms with van der Waals surface area (Å²) in [4.78, 5) is 21.9. The highest BCUT2D eigenvalue weighted by molar-refractivity contribution is 5.90. The number of esters is 1. The number of ether oxygens (including phenoxy) is 1. The summed E-state index contributed by atoms with van der Waals surface area (Å²) in [5.41, 5.74) is 4.56. The highest BCUT2D eigenvalue weighted by Gasteiger charge is 2.22. The molecule has 0 radical (unpaired) electrons. The summed E-state index contributed by atoms with van der Waals surface area (Å²) in [7, 11) is 1.98. The minimum atomic E-state index is -0.351. The molecule has 0 aliphatic heterocycles. The van der Waals surface area contributed by atoms with Gasteiger partial charge in [-0.05, 0) is 45.0 Å². The Kier molecular flexibility index (Phi) is 5.71. The van der Waals surface area contributed by atoms with Crippen LogP contribution < -0.4 is 0 Å². The average molecular weight is 367 g/mol. The molecule has 2 heterocycles. The van der Waals surface area contributed by atoms with E-state index in [1.165, 1.54) is 5.56 Å². The number of H-pyrrole nitrogens is 1. The van der Waals surface area contributed by atoms with Gasteiger partial charge in [0.25, 0.3) is 0 Å². The Hall–Kier alpha value is -2.93. The van der Waals surface area contributed by atoms with Crippen LogP contribution in [-0.4, -0.2) is 44.3 Å². The average Bonchev–Trinajstić information content (AvgIpc) is 3.28. The zero-order chi connectivity index (χ0) is 19.4. The standard InChI is InChI=1S/C20H25N5O2/c1-5-27-20(26)16-11-23-25(17-8-6-7-14(2)15(17)3)18(16)12-24(4)13-19-21-9-10-22-19/h6-11H,5,12-13H2,1-4H3,(H,21,22). The van der Waals surface area contributed by atoms with Crippen LogP contribution in [0.4, 0.5) is 0 Å². The van der Waals surface area contributed by atoms with Crippen molar-refractivity contribution in [2.75, 3.05) is 13.7 Å². The van der Waals surface area contributed by atoms with Gasteiger partial charge in [0.1, 0.15) is 11.4 Å². The number of carbonyl (C=O) groups is 1. The maximum Gasteiger partial charge on any atom is 0.341 e. The molecule has 2 aromatic heterocycles. The first-order chi connectivity index (χ1) is 13.0. The second-order valence-electron chi connectivity index (χ2n) is 6.56. The van der Waals surface area contributed by atoms with Gasteiger partial charge >= 0.3 is 5.97 Å². The molecular formula is C20H25N5O2. The number of imidazole rings is 1. The summed E-state index contributed by atoms with van der Waals surface area (Å²) in [5.74, 6) is 0.517. The van der Waals surface area contributed by atoms with Crippen LogP contribution in [0.1, 0.15) is 39.9 Å². The number of nitrogens with one attached hydrogen (secondary N) is 1. The van der Waals surface area contributed by atoms with E-state index in [4.69, 9.17) is 4.74 Å². The Balaban J connectivity index is 1.98. The van der Waals surface area contributed by atoms with Crippen LogP contribution >= 0.6 is 0 Å². The number of rotatable bonds is 7. The Labute approximate surface area is 159 Å². The highest BCUT2D eigenvalue weighted by Crippen LogP contribution is 2.22. The first kappa shape index (κ1) is 18.8. The van der Waals surface area contributed by atoms with E-state index in [0.717, 1.165) is 22.8 Å². The molecule has 0 fully saturated rings. The van der Waals surface area contributed by atoms with E-state index in [2.05, 4.69) is 39.9 Å². The van der Waals surface area contributed by atoms with E-state index in [9.17, 15) is 4.79 Å². The molecule has 27 heavy (non-hydrogen) atoms. The van der Waals surface area contributed by atoms with Crippen molar-refractivity contribution in [3.63, 3.8) is 0 Å². The van der Waals surface area contributed by atoms with Crippen molar-refractivity contribution in [1.82, 2.24) is 24.6 Å². The number of aromatic amines is 1. The summed E-state index contributed by atoms with van der Waals surface area (Å²) in [6, 6.07) is 6.08. The van der Waals surface area contributed by atoms with Crippen LogP contribution in [0, 0.1) is 13.8 Å². The number of nitrogens with zero attached hydrogens (tertiary/aromatic N) is 4. The summed E-state index contributed by atoms with van der Waals surface area (Å²) >= 11 is 0. The minimum absolute atomic E-state index is 0.329. The molecule has 1 aromatic carbocycles. The number of aryl methyl sites for hydroxylation is 1. The lowest BCUT2D eigenvalue weighted by molar-refractivity contribution is 0.0524. The largest absolute Gasteiger partial charge is 0.462 e. The molecule has 0 atom stereocenters. The Bertz CT molecular complexity index is 915. The van der Waals surface area contributed by atoms with Crippen LogP contribution in [0.15, 0.2) is 36.8 Å². The van der Waals surface area contributed by atoms with Gasteiger partial charge in [0.2, 0.25) is 0 Å². The molecule has 0 unspecified atom stereocenters. The van der Waals surface area contributed by atoms with Crippen LogP contribution in [0.2, 0.25) is 0 Å². The van der Waals surface area contributed by atoms with Gasteiger partial charge in [0, 0.05) is 18.9 Å². The first-order valence-electron chi connectivity index (χ1n) is 8.98. The highest BCUT2D eigenvalue weighted by atomic mass is 16.5. The van der Waals surface area contributed by atoms with Gasteiger partial charge in [-0.25, -0.2) is 14.5 Å². The van der Waals surface area contributed by atoms with Gasteiger partial charge < -0.3 is 9.72 Å². The predicted octanol–water partition coefficient (Wildman–Crippen LogP) is 3.02. The van der Waals surface area contributed by atoms with Crippen molar-refractivity contribution in [1.29, 1.82) is 0 Å². The van der Waals surface area contributed by atoms with Crippen LogP contribution in [0.3, 0.4) is 0 Å². The lowest BCUT2D eigenvalue weighted by atomic mass is 10.1. The molecule has 3 aromatic rings. The SMILES string of the molecule is CCOC(=O)c1cnn(-c2cccc(C)c2C)c1CN(C)Cc1ncc[nH]1. The molecule has 0 saturated carbocycles. The van der Waals surface area contributed by atoms with Gasteiger partial charge in [-0.1, -0.05) is 12.1 Å². The zero-order valence-corrected chi connectivity index (χ0v) is 16.2. The van der Waals surface area contributed by atoms with E-state index in [1.54, 1.807) is 25.5 Å². The molecule has 0 aliphatic rings. The lowest BCUT2D eigenvalue weighted by Gasteiger charge is -2.18. The Morgan fingerprint density at radius 3 is 2.81 bits per heavy atom. The molecule has 7 heteroatoms. The number of hydrogen-bond donors (Lipinski definition) is 1. The maximum atomic E-state index is 12.4. The Morgan fingerprint density at radius 2 is 2.11 bits per heavy atom. The summed E-state index contributed by atoms with van der Waals surface area (Å²) < 4.78 is 7.07. The fourth-order valence-corrected chi connectivity index (χ4v) is 3.03. The summed E-state index contributed by atoms with van der Waals surface area (Å²) in [6.45, 7) is 7.42. The molecule has 1 N–H and O–H groups in total. The van der Waals surface area contributed by atoms with Gasteiger partial charge in [-0.3, -0.25) is 4.90 Å². The molecule has 0 aliphatic carbocycles. The predicted molar refractivity (Wildman–Crippen MR) is 103 cm³/mol. The lowest BCUT2D eigenvalue weighted by Crippen LogP contribution is -2.22. The molecular weight excluding hydrogens is 342 g/mol. The van der Waals surface area contributed by atoms with Crippen molar-refractivity contribution in [2.24, 2.45) is 0 Å². The monoisotopic (exact) mass is 367 g/mol. The second kappa shape index (κ2) is 8.18. The normalized spacial score (nSPS) is 11.1. The molecule has 0 amide bonds. The molecule has 0 bridgehead atoms. The quantitative estimate of drug-likeness (QED) is 0.650. The van der Waals surface area contributed by atoms with Gasteiger partial charge in [0.05, 0.1) is 30.7 Å². The molecule has 7 nitrogen and oxygen atoms in total. The van der Waals surface area contributed by atoms with Gasteiger partial charge in [-0.15, -0.1) is 0 Å². The zero-order valence-electron chi connectivity index (χ0n) is 16.2. The first-order valence-corrected chi connectivity index (χ1v) is 8.98. The third-order valence-corrected chi connectivity index (χ3v) is 4.56. The van der Waals surface area contributed by atoms with Crippen LogP contribution in [-0.2, 0) is 17.8 Å². The molecule has 0 spiro atoms. The van der Waals surface area contributed by atoms with Crippen LogP contribution in [0.5, 0.6) is 0 Å². The van der Waals surface area contributed by atoms with Crippen molar-refractivity contribution < 1.29 is 9.53 Å². The topological polar surface area (TPSA) is 76.0 Å². The molecule has 3 rings (SSSR count). The minimum Gasteiger partial charge on any atom is -0.462 e. The third-order valence-electron chi connectivity index (χ3n) is 4.56. The third kappa shape index (κ3) is 4.09. The van der Waals surface area contributed by atoms with E-state index in [1.807, 2.05) is 23.9 Å². The fraction of sp³-hybridized carbons (Fsp3) is 0.350. The summed E-state index contributed by atoms with van der Waals surface area (Å²) in [6.07, 6.45) is 5.12. The fourth-order valence-electron chi connectivity index (χ4n) is 3.03. The van der Waals surface area contributed by atoms with E-state index in [0.29, 0.717) is 25.3 Å². The maximum absolute atomic E-state index is 12.4.